The highest BCUT2D eigenvalue weighted by molar-refractivity contribution is 5.92. The summed E-state index contributed by atoms with van der Waals surface area (Å²) < 4.78 is 10.7. The first-order valence-corrected chi connectivity index (χ1v) is 8.69. The SMILES string of the molecule is CC(C)(C)OC(=O)N1CCCC(C(=O)OCc2cccc(C(N)=O)c2)C1. The highest BCUT2D eigenvalue weighted by atomic mass is 16.6. The topological polar surface area (TPSA) is 98.9 Å². The van der Waals surface area contributed by atoms with E-state index in [1.54, 1.807) is 49.9 Å². The fourth-order valence-electron chi connectivity index (χ4n) is 2.75. The van der Waals surface area contributed by atoms with E-state index in [-0.39, 0.29) is 25.0 Å². The second kappa shape index (κ2) is 8.21. The number of carbonyl (C=O) groups excluding carboxylic acids is 3. The van der Waals surface area contributed by atoms with Gasteiger partial charge in [0, 0.05) is 18.7 Å². The number of nitrogens with zero attached hydrogens (tertiary/aromatic N) is 1. The third-order valence-corrected chi connectivity index (χ3v) is 4.00. The van der Waals surface area contributed by atoms with Gasteiger partial charge < -0.3 is 20.1 Å². The van der Waals surface area contributed by atoms with Crippen LogP contribution in [0.15, 0.2) is 24.3 Å². The summed E-state index contributed by atoms with van der Waals surface area (Å²) in [6.45, 7) is 6.33. The zero-order chi connectivity index (χ0) is 19.3. The van der Waals surface area contributed by atoms with Gasteiger partial charge in [-0.25, -0.2) is 4.79 Å². The summed E-state index contributed by atoms with van der Waals surface area (Å²) in [6.07, 6.45) is 0.972. The molecule has 1 aliphatic rings. The van der Waals surface area contributed by atoms with E-state index < -0.39 is 17.6 Å². The molecule has 2 N–H and O–H groups in total. The van der Waals surface area contributed by atoms with Gasteiger partial charge in [-0.1, -0.05) is 12.1 Å². The zero-order valence-corrected chi connectivity index (χ0v) is 15.5. The maximum Gasteiger partial charge on any atom is 0.410 e. The molecular weight excluding hydrogens is 336 g/mol. The van der Waals surface area contributed by atoms with Crippen LogP contribution in [0.25, 0.3) is 0 Å². The van der Waals surface area contributed by atoms with E-state index >= 15 is 0 Å². The monoisotopic (exact) mass is 362 g/mol. The molecule has 1 heterocycles. The van der Waals surface area contributed by atoms with Crippen LogP contribution in [0.3, 0.4) is 0 Å². The van der Waals surface area contributed by atoms with Crippen molar-refractivity contribution in [1.29, 1.82) is 0 Å². The summed E-state index contributed by atoms with van der Waals surface area (Å²) in [5, 5.41) is 0. The maximum atomic E-state index is 12.4. The molecule has 7 heteroatoms. The van der Waals surface area contributed by atoms with Crippen molar-refractivity contribution >= 4 is 18.0 Å². The number of rotatable bonds is 4. The quantitative estimate of drug-likeness (QED) is 0.830. The molecule has 2 rings (SSSR count). The van der Waals surface area contributed by atoms with E-state index in [0.717, 1.165) is 6.42 Å². The van der Waals surface area contributed by atoms with Crippen molar-refractivity contribution in [3.8, 4) is 0 Å². The standard InChI is InChI=1S/C19H26N2O5/c1-19(2,3)26-18(24)21-9-5-8-15(11-21)17(23)25-12-13-6-4-7-14(10-13)16(20)22/h4,6-7,10,15H,5,8-9,11-12H2,1-3H3,(H2,20,22). The van der Waals surface area contributed by atoms with Gasteiger partial charge in [0.05, 0.1) is 5.92 Å². The lowest BCUT2D eigenvalue weighted by molar-refractivity contribution is -0.151. The Bertz CT molecular complexity index is 681. The third-order valence-electron chi connectivity index (χ3n) is 4.00. The number of piperidine rings is 1. The first kappa shape index (κ1) is 19.8. The molecule has 1 saturated heterocycles. The third kappa shape index (κ3) is 5.75. The lowest BCUT2D eigenvalue weighted by Crippen LogP contribution is -2.45. The van der Waals surface area contributed by atoms with Crippen LogP contribution < -0.4 is 5.73 Å². The Hall–Kier alpha value is -2.57. The van der Waals surface area contributed by atoms with E-state index in [1.807, 2.05) is 0 Å². The molecule has 1 aliphatic heterocycles. The Morgan fingerprint density at radius 1 is 1.27 bits per heavy atom. The fraction of sp³-hybridized carbons (Fsp3) is 0.526. The van der Waals surface area contributed by atoms with Gasteiger partial charge in [-0.05, 0) is 51.3 Å². The number of hydrogen-bond donors (Lipinski definition) is 1. The van der Waals surface area contributed by atoms with Crippen LogP contribution in [0, 0.1) is 5.92 Å². The minimum absolute atomic E-state index is 0.0584. The summed E-state index contributed by atoms with van der Waals surface area (Å²) in [6, 6.07) is 6.65. The molecule has 0 radical (unpaired) electrons. The van der Waals surface area contributed by atoms with Crippen molar-refractivity contribution in [1.82, 2.24) is 4.90 Å². The second-order valence-electron chi connectivity index (χ2n) is 7.44. The normalized spacial score (nSPS) is 17.5. The van der Waals surface area contributed by atoms with Crippen molar-refractivity contribution in [3.63, 3.8) is 0 Å². The molecular formula is C19H26N2O5. The number of nitrogens with two attached hydrogens (primary N) is 1. The average Bonchev–Trinajstić information content (AvgIpc) is 2.58. The summed E-state index contributed by atoms with van der Waals surface area (Å²) in [4.78, 5) is 37.3. The Kier molecular flexibility index (Phi) is 6.23. The molecule has 0 bridgehead atoms. The highest BCUT2D eigenvalue weighted by Crippen LogP contribution is 2.21. The van der Waals surface area contributed by atoms with E-state index in [9.17, 15) is 14.4 Å². The molecule has 7 nitrogen and oxygen atoms in total. The minimum Gasteiger partial charge on any atom is -0.461 e. The van der Waals surface area contributed by atoms with E-state index in [1.165, 1.54) is 0 Å². The molecule has 26 heavy (non-hydrogen) atoms. The van der Waals surface area contributed by atoms with Crippen LogP contribution in [0.4, 0.5) is 4.79 Å². The molecule has 0 saturated carbocycles. The number of ether oxygens (including phenoxy) is 2. The number of carbonyl (C=O) groups is 3. The predicted octanol–water partition coefficient (Wildman–Crippen LogP) is 2.48. The molecule has 0 spiro atoms. The molecule has 2 amide bonds. The lowest BCUT2D eigenvalue weighted by Gasteiger charge is -2.33. The molecule has 0 aromatic heterocycles. The van der Waals surface area contributed by atoms with Crippen LogP contribution in [0.5, 0.6) is 0 Å². The maximum absolute atomic E-state index is 12.4. The van der Waals surface area contributed by atoms with Crippen LogP contribution in [0.1, 0.15) is 49.5 Å². The number of esters is 1. The van der Waals surface area contributed by atoms with Crippen LogP contribution in [-0.4, -0.2) is 41.6 Å². The summed E-state index contributed by atoms with van der Waals surface area (Å²) in [5.41, 5.74) is 5.73. The van der Waals surface area contributed by atoms with Gasteiger partial charge in [-0.15, -0.1) is 0 Å². The Morgan fingerprint density at radius 3 is 2.65 bits per heavy atom. The number of benzene rings is 1. The lowest BCUT2D eigenvalue weighted by atomic mass is 9.98. The van der Waals surface area contributed by atoms with Gasteiger partial charge in [0.25, 0.3) is 0 Å². The van der Waals surface area contributed by atoms with Gasteiger partial charge in [0.2, 0.25) is 5.91 Å². The number of amides is 2. The molecule has 1 aromatic rings. The predicted molar refractivity (Wildman–Crippen MR) is 95.3 cm³/mol. The smallest absolute Gasteiger partial charge is 0.410 e. The molecule has 1 aromatic carbocycles. The number of primary amides is 1. The van der Waals surface area contributed by atoms with Crippen molar-refractivity contribution in [2.75, 3.05) is 13.1 Å². The Balaban J connectivity index is 1.90. The van der Waals surface area contributed by atoms with Crippen LogP contribution in [0.2, 0.25) is 0 Å². The minimum atomic E-state index is -0.573. The van der Waals surface area contributed by atoms with Crippen molar-refractivity contribution < 1.29 is 23.9 Å². The van der Waals surface area contributed by atoms with Gasteiger partial charge in [-0.3, -0.25) is 9.59 Å². The van der Waals surface area contributed by atoms with Crippen molar-refractivity contribution in [3.05, 3.63) is 35.4 Å². The molecule has 1 atom stereocenters. The molecule has 0 aliphatic carbocycles. The second-order valence-corrected chi connectivity index (χ2v) is 7.44. The Labute approximate surface area is 153 Å². The van der Waals surface area contributed by atoms with E-state index in [0.29, 0.717) is 24.1 Å². The van der Waals surface area contributed by atoms with Gasteiger partial charge in [0.15, 0.2) is 0 Å². The first-order valence-electron chi connectivity index (χ1n) is 8.69. The molecule has 1 unspecified atom stereocenters. The summed E-state index contributed by atoms with van der Waals surface area (Å²) in [5.74, 6) is -1.27. The summed E-state index contributed by atoms with van der Waals surface area (Å²) >= 11 is 0. The van der Waals surface area contributed by atoms with E-state index in [4.69, 9.17) is 15.2 Å². The fourth-order valence-corrected chi connectivity index (χ4v) is 2.75. The summed E-state index contributed by atoms with van der Waals surface area (Å²) in [7, 11) is 0. The first-order chi connectivity index (χ1) is 12.2. The highest BCUT2D eigenvalue weighted by Gasteiger charge is 2.31. The van der Waals surface area contributed by atoms with Gasteiger partial charge >= 0.3 is 12.1 Å². The van der Waals surface area contributed by atoms with Crippen molar-refractivity contribution in [2.45, 2.75) is 45.8 Å². The number of hydrogen-bond acceptors (Lipinski definition) is 5. The van der Waals surface area contributed by atoms with Gasteiger partial charge in [0.1, 0.15) is 12.2 Å². The molecule has 1 fully saturated rings. The van der Waals surface area contributed by atoms with Gasteiger partial charge in [-0.2, -0.15) is 0 Å². The zero-order valence-electron chi connectivity index (χ0n) is 15.5. The van der Waals surface area contributed by atoms with E-state index in [2.05, 4.69) is 0 Å². The average molecular weight is 362 g/mol. The number of likely N-dealkylation sites (tertiary alicyclic amines) is 1. The van der Waals surface area contributed by atoms with Crippen LogP contribution >= 0.6 is 0 Å². The molecule has 142 valence electrons. The van der Waals surface area contributed by atoms with Crippen molar-refractivity contribution in [2.24, 2.45) is 11.7 Å². The Morgan fingerprint density at radius 2 is 2.00 bits per heavy atom. The largest absolute Gasteiger partial charge is 0.461 e. The van der Waals surface area contributed by atoms with Crippen LogP contribution in [-0.2, 0) is 20.9 Å².